The summed E-state index contributed by atoms with van der Waals surface area (Å²) in [5, 5.41) is 2.93. The van der Waals surface area contributed by atoms with Crippen LogP contribution in [0.2, 0.25) is 0 Å². The zero-order valence-electron chi connectivity index (χ0n) is 14.3. The van der Waals surface area contributed by atoms with E-state index in [1.165, 1.54) is 12.1 Å². The summed E-state index contributed by atoms with van der Waals surface area (Å²) in [6, 6.07) is 5.34. The van der Waals surface area contributed by atoms with Gasteiger partial charge in [-0.15, -0.1) is 0 Å². The second-order valence-electron chi connectivity index (χ2n) is 6.02. The SMILES string of the molecule is CCC1(CC)NC(=O)N(CC(=O)ON2C(=O)c3ccccc3C2=O)C1=O. The van der Waals surface area contributed by atoms with Crippen molar-refractivity contribution in [2.24, 2.45) is 0 Å². The number of nitrogens with one attached hydrogen (secondary N) is 1. The number of amides is 5. The molecule has 1 aromatic carbocycles. The van der Waals surface area contributed by atoms with Gasteiger partial charge in [0.25, 0.3) is 17.7 Å². The van der Waals surface area contributed by atoms with Crippen molar-refractivity contribution in [3.8, 4) is 0 Å². The van der Waals surface area contributed by atoms with Crippen molar-refractivity contribution < 1.29 is 28.8 Å². The third kappa shape index (κ3) is 2.52. The van der Waals surface area contributed by atoms with Crippen LogP contribution in [0.5, 0.6) is 0 Å². The number of nitrogens with zero attached hydrogens (tertiary/aromatic N) is 2. The minimum Gasteiger partial charge on any atom is -0.328 e. The summed E-state index contributed by atoms with van der Waals surface area (Å²) in [6.07, 6.45) is 0.746. The molecule has 26 heavy (non-hydrogen) atoms. The van der Waals surface area contributed by atoms with E-state index in [9.17, 15) is 24.0 Å². The van der Waals surface area contributed by atoms with Crippen molar-refractivity contribution >= 4 is 29.7 Å². The van der Waals surface area contributed by atoms with Crippen LogP contribution in [-0.2, 0) is 14.4 Å². The summed E-state index contributed by atoms with van der Waals surface area (Å²) >= 11 is 0. The number of fused-ring (bicyclic) bond motifs is 1. The van der Waals surface area contributed by atoms with E-state index in [0.29, 0.717) is 17.9 Å². The second-order valence-corrected chi connectivity index (χ2v) is 6.02. The van der Waals surface area contributed by atoms with E-state index in [1.54, 1.807) is 26.0 Å². The molecule has 1 aromatic rings. The fourth-order valence-corrected chi connectivity index (χ4v) is 3.06. The van der Waals surface area contributed by atoms with E-state index >= 15 is 0 Å². The molecule has 136 valence electrons. The van der Waals surface area contributed by atoms with Crippen LogP contribution in [0.4, 0.5) is 4.79 Å². The molecule has 0 radical (unpaired) electrons. The summed E-state index contributed by atoms with van der Waals surface area (Å²) in [7, 11) is 0. The minimum absolute atomic E-state index is 0.122. The molecule has 2 aliphatic rings. The highest BCUT2D eigenvalue weighted by atomic mass is 16.7. The van der Waals surface area contributed by atoms with Gasteiger partial charge in [0, 0.05) is 0 Å². The average molecular weight is 359 g/mol. The van der Waals surface area contributed by atoms with E-state index in [2.05, 4.69) is 5.32 Å². The summed E-state index contributed by atoms with van der Waals surface area (Å²) in [4.78, 5) is 66.5. The van der Waals surface area contributed by atoms with Crippen LogP contribution in [0.15, 0.2) is 24.3 Å². The first-order chi connectivity index (χ1) is 12.3. The van der Waals surface area contributed by atoms with Crippen LogP contribution in [0, 0.1) is 0 Å². The Morgan fingerprint density at radius 1 is 1.04 bits per heavy atom. The Morgan fingerprint density at radius 2 is 1.58 bits per heavy atom. The molecule has 0 bridgehead atoms. The van der Waals surface area contributed by atoms with Crippen LogP contribution >= 0.6 is 0 Å². The predicted octanol–water partition coefficient (Wildman–Crippen LogP) is 0.851. The van der Waals surface area contributed by atoms with Crippen molar-refractivity contribution in [3.63, 3.8) is 0 Å². The summed E-state index contributed by atoms with van der Waals surface area (Å²) in [5.74, 6) is -3.14. The van der Waals surface area contributed by atoms with Gasteiger partial charge < -0.3 is 10.2 Å². The van der Waals surface area contributed by atoms with Gasteiger partial charge in [0.2, 0.25) is 0 Å². The summed E-state index contributed by atoms with van der Waals surface area (Å²) in [5.41, 5.74) is -0.806. The van der Waals surface area contributed by atoms with E-state index in [1.807, 2.05) is 0 Å². The Bertz CT molecular complexity index is 795. The smallest absolute Gasteiger partial charge is 0.328 e. The van der Waals surface area contributed by atoms with E-state index in [-0.39, 0.29) is 11.1 Å². The first kappa shape index (κ1) is 17.6. The average Bonchev–Trinajstić information content (AvgIpc) is 3.02. The molecule has 9 nitrogen and oxygen atoms in total. The Balaban J connectivity index is 1.71. The summed E-state index contributed by atoms with van der Waals surface area (Å²) < 4.78 is 0. The Morgan fingerprint density at radius 3 is 2.04 bits per heavy atom. The first-order valence-electron chi connectivity index (χ1n) is 8.17. The molecule has 9 heteroatoms. The largest absolute Gasteiger partial charge is 0.353 e. The van der Waals surface area contributed by atoms with Crippen molar-refractivity contribution in [1.82, 2.24) is 15.3 Å². The number of benzene rings is 1. The van der Waals surface area contributed by atoms with Crippen molar-refractivity contribution in [2.75, 3.05) is 6.54 Å². The quantitative estimate of drug-likeness (QED) is 0.616. The molecule has 0 atom stereocenters. The lowest BCUT2D eigenvalue weighted by atomic mass is 9.93. The summed E-state index contributed by atoms with van der Waals surface area (Å²) in [6.45, 7) is 2.81. The normalized spacial score (nSPS) is 18.2. The first-order valence-corrected chi connectivity index (χ1v) is 8.17. The number of carbonyl (C=O) groups excluding carboxylic acids is 5. The van der Waals surface area contributed by atoms with Gasteiger partial charge in [0.1, 0.15) is 12.1 Å². The van der Waals surface area contributed by atoms with Gasteiger partial charge in [-0.1, -0.05) is 31.0 Å². The highest BCUT2D eigenvalue weighted by Gasteiger charge is 2.49. The van der Waals surface area contributed by atoms with E-state index < -0.39 is 41.8 Å². The van der Waals surface area contributed by atoms with Crippen LogP contribution in [0.1, 0.15) is 47.4 Å². The number of imide groups is 2. The number of hydrogen-bond donors (Lipinski definition) is 1. The van der Waals surface area contributed by atoms with Crippen LogP contribution in [0.25, 0.3) is 0 Å². The van der Waals surface area contributed by atoms with Crippen LogP contribution in [0.3, 0.4) is 0 Å². The van der Waals surface area contributed by atoms with Crippen molar-refractivity contribution in [2.45, 2.75) is 32.2 Å². The molecule has 1 N–H and O–H groups in total. The maximum atomic E-state index is 12.5. The van der Waals surface area contributed by atoms with Crippen molar-refractivity contribution in [1.29, 1.82) is 0 Å². The fraction of sp³-hybridized carbons (Fsp3) is 0.353. The Hall–Kier alpha value is -3.23. The van der Waals surface area contributed by atoms with Gasteiger partial charge in [-0.2, -0.15) is 0 Å². The molecule has 0 spiro atoms. The topological polar surface area (TPSA) is 113 Å². The molecule has 0 aromatic heterocycles. The Kier molecular flexibility index (Phi) is 4.23. The standard InChI is InChI=1S/C17H17N3O6/c1-3-17(4-2)15(24)19(16(25)18-17)9-12(21)26-20-13(22)10-7-5-6-8-11(10)14(20)23/h5-8H,3-4,9H2,1-2H3,(H,18,25). The molecule has 0 aliphatic carbocycles. The third-order valence-corrected chi connectivity index (χ3v) is 4.69. The predicted molar refractivity (Wildman–Crippen MR) is 86.6 cm³/mol. The molecular weight excluding hydrogens is 342 g/mol. The molecule has 1 fully saturated rings. The number of rotatable bonds is 5. The van der Waals surface area contributed by atoms with Gasteiger partial charge in [-0.25, -0.2) is 9.59 Å². The molecule has 2 heterocycles. The lowest BCUT2D eigenvalue weighted by Gasteiger charge is -2.23. The number of hydrogen-bond acceptors (Lipinski definition) is 6. The lowest BCUT2D eigenvalue weighted by Crippen LogP contribution is -2.46. The fourth-order valence-electron chi connectivity index (χ4n) is 3.06. The highest BCUT2D eigenvalue weighted by Crippen LogP contribution is 2.26. The van der Waals surface area contributed by atoms with Gasteiger partial charge in [-0.05, 0) is 25.0 Å². The molecular formula is C17H17N3O6. The van der Waals surface area contributed by atoms with Gasteiger partial charge in [0.15, 0.2) is 0 Å². The molecule has 5 amide bonds. The maximum absolute atomic E-state index is 12.5. The maximum Gasteiger partial charge on any atom is 0.353 e. The molecule has 1 saturated heterocycles. The van der Waals surface area contributed by atoms with Crippen molar-refractivity contribution in [3.05, 3.63) is 35.4 Å². The second kappa shape index (κ2) is 6.25. The van der Waals surface area contributed by atoms with Gasteiger partial charge in [-0.3, -0.25) is 19.3 Å². The molecule has 2 aliphatic heterocycles. The number of carbonyl (C=O) groups is 5. The monoisotopic (exact) mass is 359 g/mol. The van der Waals surface area contributed by atoms with Crippen LogP contribution < -0.4 is 5.32 Å². The zero-order chi connectivity index (χ0) is 19.1. The third-order valence-electron chi connectivity index (χ3n) is 4.69. The number of urea groups is 1. The number of hydroxylamine groups is 2. The minimum atomic E-state index is -1.06. The van der Waals surface area contributed by atoms with E-state index in [4.69, 9.17) is 4.84 Å². The highest BCUT2D eigenvalue weighted by molar-refractivity contribution is 6.21. The van der Waals surface area contributed by atoms with Crippen LogP contribution in [-0.4, -0.2) is 51.8 Å². The molecule has 0 unspecified atom stereocenters. The molecule has 3 rings (SSSR count). The van der Waals surface area contributed by atoms with Gasteiger partial charge in [0.05, 0.1) is 11.1 Å². The molecule has 0 saturated carbocycles. The zero-order valence-corrected chi connectivity index (χ0v) is 14.3. The van der Waals surface area contributed by atoms with E-state index in [0.717, 1.165) is 4.90 Å². The Labute approximate surface area is 148 Å². The van der Waals surface area contributed by atoms with Gasteiger partial charge >= 0.3 is 12.0 Å². The lowest BCUT2D eigenvalue weighted by molar-refractivity contribution is -0.170.